The Kier molecular flexibility index (Phi) is 6.66. The lowest BCUT2D eigenvalue weighted by atomic mass is 9.99. The molecule has 1 aliphatic rings. The Morgan fingerprint density at radius 3 is 2.81 bits per heavy atom. The molecule has 2 heterocycles. The molecule has 32 heavy (non-hydrogen) atoms. The second kappa shape index (κ2) is 9.62. The summed E-state index contributed by atoms with van der Waals surface area (Å²) >= 11 is 7.41. The van der Waals surface area contributed by atoms with Crippen molar-refractivity contribution in [1.29, 1.82) is 0 Å². The number of aromatic nitrogens is 2. The minimum absolute atomic E-state index is 0.0174. The molecule has 1 fully saturated rings. The standard InChI is InChI=1S/C22H21ClFN5O2S/c1-13-7-8-18(17(23)10-13)26-22(31)29-9-3-4-14(12-29)20-27-28-21(32-20)19(30)25-16-6-2-5-15(24)11-16/h2,5-8,10-11,14H,3-4,9,12H2,1H3,(H,25,30)(H,26,31)/t14-/m0/s1. The summed E-state index contributed by atoms with van der Waals surface area (Å²) in [6, 6.07) is 10.9. The summed E-state index contributed by atoms with van der Waals surface area (Å²) in [5, 5.41) is 15.0. The SMILES string of the molecule is Cc1ccc(NC(=O)N2CCC[C@H](c3nnc(C(=O)Nc4cccc(F)c4)s3)C2)c(Cl)c1. The van der Waals surface area contributed by atoms with E-state index in [-0.39, 0.29) is 17.0 Å². The number of anilines is 2. The summed E-state index contributed by atoms with van der Waals surface area (Å²) in [5.41, 5.74) is 1.93. The first-order valence-electron chi connectivity index (χ1n) is 10.1. The van der Waals surface area contributed by atoms with E-state index in [0.29, 0.717) is 34.5 Å². The number of piperidine rings is 1. The highest BCUT2D eigenvalue weighted by Gasteiger charge is 2.28. The molecule has 2 N–H and O–H groups in total. The van der Waals surface area contributed by atoms with Crippen molar-refractivity contribution in [2.24, 2.45) is 0 Å². The Labute approximate surface area is 193 Å². The van der Waals surface area contributed by atoms with Gasteiger partial charge in [0.15, 0.2) is 0 Å². The van der Waals surface area contributed by atoms with Crippen LogP contribution in [0.4, 0.5) is 20.6 Å². The van der Waals surface area contributed by atoms with Crippen LogP contribution in [0.15, 0.2) is 42.5 Å². The maximum absolute atomic E-state index is 13.3. The number of hydrogen-bond acceptors (Lipinski definition) is 5. The highest BCUT2D eigenvalue weighted by Crippen LogP contribution is 2.30. The van der Waals surface area contributed by atoms with Crippen LogP contribution in [0.5, 0.6) is 0 Å². The van der Waals surface area contributed by atoms with Crippen LogP contribution in [0.3, 0.4) is 0 Å². The molecule has 7 nitrogen and oxygen atoms in total. The molecule has 0 saturated carbocycles. The van der Waals surface area contributed by atoms with Gasteiger partial charge < -0.3 is 15.5 Å². The Bertz CT molecular complexity index is 1150. The van der Waals surface area contributed by atoms with Crippen LogP contribution in [0.2, 0.25) is 5.02 Å². The Morgan fingerprint density at radius 2 is 2.03 bits per heavy atom. The molecule has 166 valence electrons. The highest BCUT2D eigenvalue weighted by molar-refractivity contribution is 7.13. The molecular formula is C22H21ClFN5O2S. The zero-order valence-corrected chi connectivity index (χ0v) is 18.8. The number of nitrogens with zero attached hydrogens (tertiary/aromatic N) is 3. The van der Waals surface area contributed by atoms with Gasteiger partial charge in [-0.25, -0.2) is 9.18 Å². The molecule has 2 aromatic carbocycles. The number of carbonyl (C=O) groups is 2. The number of carbonyl (C=O) groups excluding carboxylic acids is 2. The molecule has 0 spiro atoms. The molecular weight excluding hydrogens is 453 g/mol. The molecule has 0 aliphatic carbocycles. The maximum atomic E-state index is 13.3. The van der Waals surface area contributed by atoms with Gasteiger partial charge in [-0.1, -0.05) is 35.1 Å². The van der Waals surface area contributed by atoms with Crippen LogP contribution in [0.1, 0.15) is 39.1 Å². The van der Waals surface area contributed by atoms with E-state index in [2.05, 4.69) is 20.8 Å². The van der Waals surface area contributed by atoms with Crippen molar-refractivity contribution in [2.45, 2.75) is 25.7 Å². The van der Waals surface area contributed by atoms with E-state index in [0.717, 1.165) is 18.4 Å². The van der Waals surface area contributed by atoms with Crippen LogP contribution >= 0.6 is 22.9 Å². The average Bonchev–Trinajstić information content (AvgIpc) is 3.26. The monoisotopic (exact) mass is 473 g/mol. The summed E-state index contributed by atoms with van der Waals surface area (Å²) in [6.07, 6.45) is 1.65. The fourth-order valence-corrected chi connectivity index (χ4v) is 4.67. The molecule has 0 unspecified atom stereocenters. The van der Waals surface area contributed by atoms with Gasteiger partial charge in [0.2, 0.25) is 5.01 Å². The zero-order chi connectivity index (χ0) is 22.7. The summed E-state index contributed by atoms with van der Waals surface area (Å²) in [7, 11) is 0. The minimum Gasteiger partial charge on any atom is -0.324 e. The van der Waals surface area contributed by atoms with E-state index in [1.165, 1.54) is 29.5 Å². The Morgan fingerprint density at radius 1 is 1.19 bits per heavy atom. The van der Waals surface area contributed by atoms with Crippen molar-refractivity contribution in [1.82, 2.24) is 15.1 Å². The van der Waals surface area contributed by atoms with Crippen molar-refractivity contribution in [3.05, 3.63) is 68.9 Å². The number of amides is 3. The van der Waals surface area contributed by atoms with Gasteiger partial charge in [0, 0.05) is 24.7 Å². The Balaban J connectivity index is 1.39. The molecule has 3 aromatic rings. The quantitative estimate of drug-likeness (QED) is 0.538. The summed E-state index contributed by atoms with van der Waals surface area (Å²) < 4.78 is 13.3. The summed E-state index contributed by atoms with van der Waals surface area (Å²) in [4.78, 5) is 26.9. The number of aryl methyl sites for hydroxylation is 1. The molecule has 4 rings (SSSR count). The first-order valence-corrected chi connectivity index (χ1v) is 11.3. The smallest absolute Gasteiger partial charge is 0.321 e. The number of halogens is 2. The molecule has 10 heteroatoms. The van der Waals surface area contributed by atoms with E-state index in [1.54, 1.807) is 23.1 Å². The van der Waals surface area contributed by atoms with Gasteiger partial charge in [0.1, 0.15) is 10.8 Å². The third-order valence-electron chi connectivity index (χ3n) is 5.14. The van der Waals surface area contributed by atoms with Crippen molar-refractivity contribution >= 4 is 46.3 Å². The predicted molar refractivity (Wildman–Crippen MR) is 123 cm³/mol. The second-order valence-electron chi connectivity index (χ2n) is 7.61. The van der Waals surface area contributed by atoms with E-state index in [1.807, 2.05) is 13.0 Å². The summed E-state index contributed by atoms with van der Waals surface area (Å²) in [6.45, 7) is 3.02. The lowest BCUT2D eigenvalue weighted by molar-refractivity contribution is 0.102. The number of benzene rings is 2. The topological polar surface area (TPSA) is 87.2 Å². The third-order valence-corrected chi connectivity index (χ3v) is 6.54. The molecule has 1 aromatic heterocycles. The zero-order valence-electron chi connectivity index (χ0n) is 17.3. The van der Waals surface area contributed by atoms with E-state index in [9.17, 15) is 14.0 Å². The fraction of sp³-hybridized carbons (Fsp3) is 0.273. The van der Waals surface area contributed by atoms with Crippen molar-refractivity contribution in [3.63, 3.8) is 0 Å². The molecule has 0 bridgehead atoms. The number of nitrogens with one attached hydrogen (secondary N) is 2. The first-order chi connectivity index (χ1) is 15.4. The van der Waals surface area contributed by atoms with Crippen molar-refractivity contribution in [3.8, 4) is 0 Å². The van der Waals surface area contributed by atoms with Gasteiger partial charge in [0.25, 0.3) is 5.91 Å². The summed E-state index contributed by atoms with van der Waals surface area (Å²) in [5.74, 6) is -0.900. The van der Waals surface area contributed by atoms with Gasteiger partial charge in [-0.05, 0) is 55.7 Å². The lowest BCUT2D eigenvalue weighted by Crippen LogP contribution is -2.41. The van der Waals surface area contributed by atoms with Crippen LogP contribution in [-0.2, 0) is 0 Å². The number of rotatable bonds is 4. The van der Waals surface area contributed by atoms with Crippen molar-refractivity contribution < 1.29 is 14.0 Å². The van der Waals surface area contributed by atoms with E-state index in [4.69, 9.17) is 11.6 Å². The fourth-order valence-electron chi connectivity index (χ4n) is 3.52. The molecule has 1 atom stereocenters. The highest BCUT2D eigenvalue weighted by atomic mass is 35.5. The minimum atomic E-state index is -0.446. The molecule has 1 aliphatic heterocycles. The lowest BCUT2D eigenvalue weighted by Gasteiger charge is -2.31. The Hall–Kier alpha value is -3.04. The third kappa shape index (κ3) is 5.23. The van der Waals surface area contributed by atoms with Gasteiger partial charge in [0.05, 0.1) is 10.7 Å². The normalized spacial score (nSPS) is 16.0. The number of urea groups is 1. The van der Waals surface area contributed by atoms with Gasteiger partial charge in [-0.2, -0.15) is 0 Å². The van der Waals surface area contributed by atoms with E-state index >= 15 is 0 Å². The first kappa shape index (κ1) is 22.2. The van der Waals surface area contributed by atoms with Gasteiger partial charge >= 0.3 is 6.03 Å². The van der Waals surface area contributed by atoms with Gasteiger partial charge in [-0.3, -0.25) is 4.79 Å². The van der Waals surface area contributed by atoms with Gasteiger partial charge in [-0.15, -0.1) is 10.2 Å². The van der Waals surface area contributed by atoms with Crippen LogP contribution in [0.25, 0.3) is 0 Å². The maximum Gasteiger partial charge on any atom is 0.321 e. The van der Waals surface area contributed by atoms with Crippen LogP contribution in [-0.4, -0.2) is 40.1 Å². The molecule has 1 saturated heterocycles. The molecule has 3 amide bonds. The average molecular weight is 474 g/mol. The predicted octanol–water partition coefficient (Wildman–Crippen LogP) is 5.30. The second-order valence-corrected chi connectivity index (χ2v) is 9.02. The van der Waals surface area contributed by atoms with E-state index < -0.39 is 11.7 Å². The molecule has 0 radical (unpaired) electrons. The largest absolute Gasteiger partial charge is 0.324 e. The van der Waals surface area contributed by atoms with Crippen LogP contribution < -0.4 is 10.6 Å². The number of hydrogen-bond donors (Lipinski definition) is 2. The number of likely N-dealkylation sites (tertiary alicyclic amines) is 1. The van der Waals surface area contributed by atoms with Crippen molar-refractivity contribution in [2.75, 3.05) is 23.7 Å². The van der Waals surface area contributed by atoms with Crippen LogP contribution in [0, 0.1) is 12.7 Å².